The number of hydrogen-bond donors (Lipinski definition) is 2. The largest absolute Gasteiger partial charge is 0.383 e. The number of amides is 3. The molecule has 0 radical (unpaired) electrons. The standard InChI is InChI=1S/C13H21N3O4/c1-20-5-4-16-8-9(6-12(16)18)13(19)15-10-2-3-11(17)14-7-10/h9-10H,2-8H2,1H3,(H,14,17)(H,15,19). The predicted molar refractivity (Wildman–Crippen MR) is 70.7 cm³/mol. The summed E-state index contributed by atoms with van der Waals surface area (Å²) in [7, 11) is 1.59. The summed E-state index contributed by atoms with van der Waals surface area (Å²) in [6.45, 7) is 1.93. The van der Waals surface area contributed by atoms with Crippen LogP contribution in [0.4, 0.5) is 0 Å². The zero-order valence-electron chi connectivity index (χ0n) is 11.7. The predicted octanol–water partition coefficient (Wildman–Crippen LogP) is -1.12. The molecule has 2 fully saturated rings. The third-order valence-electron chi connectivity index (χ3n) is 3.76. The van der Waals surface area contributed by atoms with Crippen molar-refractivity contribution in [1.82, 2.24) is 15.5 Å². The highest BCUT2D eigenvalue weighted by Crippen LogP contribution is 2.18. The van der Waals surface area contributed by atoms with Gasteiger partial charge in [0.15, 0.2) is 0 Å². The first-order valence-corrected chi connectivity index (χ1v) is 6.94. The second kappa shape index (κ2) is 6.69. The van der Waals surface area contributed by atoms with Gasteiger partial charge in [-0.15, -0.1) is 0 Å². The number of likely N-dealkylation sites (tertiary alicyclic amines) is 1. The van der Waals surface area contributed by atoms with Crippen molar-refractivity contribution >= 4 is 17.7 Å². The topological polar surface area (TPSA) is 87.7 Å². The molecule has 2 heterocycles. The number of methoxy groups -OCH3 is 1. The van der Waals surface area contributed by atoms with Gasteiger partial charge in [-0.2, -0.15) is 0 Å². The fourth-order valence-electron chi connectivity index (χ4n) is 2.54. The number of piperidine rings is 1. The highest BCUT2D eigenvalue weighted by molar-refractivity contribution is 5.89. The minimum Gasteiger partial charge on any atom is -0.383 e. The fourth-order valence-corrected chi connectivity index (χ4v) is 2.54. The van der Waals surface area contributed by atoms with Gasteiger partial charge in [0.25, 0.3) is 0 Å². The Hall–Kier alpha value is -1.63. The maximum absolute atomic E-state index is 12.1. The monoisotopic (exact) mass is 283 g/mol. The van der Waals surface area contributed by atoms with Crippen molar-refractivity contribution < 1.29 is 19.1 Å². The van der Waals surface area contributed by atoms with Crippen LogP contribution < -0.4 is 10.6 Å². The smallest absolute Gasteiger partial charge is 0.225 e. The molecule has 0 aromatic rings. The summed E-state index contributed by atoms with van der Waals surface area (Å²) in [5.74, 6) is -0.368. The van der Waals surface area contributed by atoms with E-state index in [9.17, 15) is 14.4 Å². The van der Waals surface area contributed by atoms with Gasteiger partial charge in [0.05, 0.1) is 12.5 Å². The van der Waals surface area contributed by atoms with E-state index >= 15 is 0 Å². The Kier molecular flexibility index (Phi) is 4.94. The molecule has 0 aliphatic carbocycles. The summed E-state index contributed by atoms with van der Waals surface area (Å²) < 4.78 is 4.94. The normalized spacial score (nSPS) is 26.6. The SMILES string of the molecule is COCCN1CC(C(=O)NC2CCC(=O)NC2)CC1=O. The van der Waals surface area contributed by atoms with E-state index in [2.05, 4.69) is 10.6 Å². The molecule has 2 unspecified atom stereocenters. The van der Waals surface area contributed by atoms with Gasteiger partial charge in [-0.25, -0.2) is 0 Å². The lowest BCUT2D eigenvalue weighted by Gasteiger charge is -2.24. The molecule has 0 spiro atoms. The molecule has 2 aliphatic rings. The van der Waals surface area contributed by atoms with Gasteiger partial charge in [0.1, 0.15) is 0 Å². The van der Waals surface area contributed by atoms with Gasteiger partial charge >= 0.3 is 0 Å². The highest BCUT2D eigenvalue weighted by atomic mass is 16.5. The molecule has 2 N–H and O–H groups in total. The third kappa shape index (κ3) is 3.69. The van der Waals surface area contributed by atoms with Crippen LogP contribution in [0.5, 0.6) is 0 Å². The van der Waals surface area contributed by atoms with E-state index < -0.39 is 0 Å². The van der Waals surface area contributed by atoms with Crippen molar-refractivity contribution in [2.75, 3.05) is 33.4 Å². The van der Waals surface area contributed by atoms with Crippen LogP contribution in [0.1, 0.15) is 19.3 Å². The van der Waals surface area contributed by atoms with E-state index in [4.69, 9.17) is 4.74 Å². The lowest BCUT2D eigenvalue weighted by Crippen LogP contribution is -2.49. The minimum atomic E-state index is -0.294. The van der Waals surface area contributed by atoms with Crippen LogP contribution in [0.25, 0.3) is 0 Å². The molecule has 0 aromatic carbocycles. The van der Waals surface area contributed by atoms with Crippen LogP contribution in [0.3, 0.4) is 0 Å². The Morgan fingerprint density at radius 2 is 2.30 bits per heavy atom. The van der Waals surface area contributed by atoms with Crippen LogP contribution in [-0.4, -0.2) is 62.0 Å². The van der Waals surface area contributed by atoms with E-state index in [1.165, 1.54) is 0 Å². The maximum atomic E-state index is 12.1. The van der Waals surface area contributed by atoms with Gasteiger partial charge in [-0.05, 0) is 6.42 Å². The van der Waals surface area contributed by atoms with Crippen molar-refractivity contribution in [3.05, 3.63) is 0 Å². The molecule has 3 amide bonds. The van der Waals surface area contributed by atoms with Crippen LogP contribution in [-0.2, 0) is 19.1 Å². The maximum Gasteiger partial charge on any atom is 0.225 e. The van der Waals surface area contributed by atoms with Crippen molar-refractivity contribution in [2.24, 2.45) is 5.92 Å². The molecule has 0 aromatic heterocycles. The highest BCUT2D eigenvalue weighted by Gasteiger charge is 2.35. The Morgan fingerprint density at radius 1 is 1.50 bits per heavy atom. The van der Waals surface area contributed by atoms with Crippen molar-refractivity contribution in [1.29, 1.82) is 0 Å². The van der Waals surface area contributed by atoms with Gasteiger partial charge in [0, 0.05) is 45.6 Å². The van der Waals surface area contributed by atoms with Gasteiger partial charge < -0.3 is 20.3 Å². The lowest BCUT2D eigenvalue weighted by atomic mass is 10.0. The number of rotatable bonds is 5. The van der Waals surface area contributed by atoms with Crippen LogP contribution in [0.15, 0.2) is 0 Å². The van der Waals surface area contributed by atoms with Crippen molar-refractivity contribution in [3.8, 4) is 0 Å². The Bertz CT molecular complexity index is 389. The van der Waals surface area contributed by atoms with Gasteiger partial charge in [-0.3, -0.25) is 14.4 Å². The number of carbonyl (C=O) groups excluding carboxylic acids is 3. The molecule has 20 heavy (non-hydrogen) atoms. The molecule has 0 bridgehead atoms. The molecule has 2 atom stereocenters. The molecule has 7 nitrogen and oxygen atoms in total. The molecule has 112 valence electrons. The Morgan fingerprint density at radius 3 is 2.95 bits per heavy atom. The molecule has 2 saturated heterocycles. The number of ether oxygens (including phenoxy) is 1. The molecule has 7 heteroatoms. The minimum absolute atomic E-state index is 0.000790. The van der Waals surface area contributed by atoms with Gasteiger partial charge in [-0.1, -0.05) is 0 Å². The number of carbonyl (C=O) groups is 3. The number of hydrogen-bond acceptors (Lipinski definition) is 4. The molecule has 0 saturated carbocycles. The Balaban J connectivity index is 1.78. The second-order valence-electron chi connectivity index (χ2n) is 5.28. The summed E-state index contributed by atoms with van der Waals surface area (Å²) >= 11 is 0. The first kappa shape index (κ1) is 14.8. The van der Waals surface area contributed by atoms with E-state index in [0.717, 1.165) is 0 Å². The third-order valence-corrected chi connectivity index (χ3v) is 3.76. The molecular formula is C13H21N3O4. The molecular weight excluding hydrogens is 262 g/mol. The number of nitrogens with zero attached hydrogens (tertiary/aromatic N) is 1. The average molecular weight is 283 g/mol. The summed E-state index contributed by atoms with van der Waals surface area (Å²) in [6, 6.07) is -0.0247. The zero-order valence-corrected chi connectivity index (χ0v) is 11.7. The van der Waals surface area contributed by atoms with Crippen LogP contribution in [0.2, 0.25) is 0 Å². The lowest BCUT2D eigenvalue weighted by molar-refractivity contribution is -0.129. The van der Waals surface area contributed by atoms with E-state index in [-0.39, 0.29) is 36.1 Å². The molecule has 2 aliphatic heterocycles. The summed E-state index contributed by atoms with van der Waals surface area (Å²) in [5, 5.41) is 5.64. The quantitative estimate of drug-likeness (QED) is 0.669. The number of nitrogens with one attached hydrogen (secondary N) is 2. The first-order chi connectivity index (χ1) is 9.60. The van der Waals surface area contributed by atoms with E-state index in [1.54, 1.807) is 12.0 Å². The summed E-state index contributed by atoms with van der Waals surface area (Å²) in [5.41, 5.74) is 0. The fraction of sp³-hybridized carbons (Fsp3) is 0.769. The van der Waals surface area contributed by atoms with Gasteiger partial charge in [0.2, 0.25) is 17.7 Å². The second-order valence-corrected chi connectivity index (χ2v) is 5.28. The van der Waals surface area contributed by atoms with E-state index in [0.29, 0.717) is 39.1 Å². The first-order valence-electron chi connectivity index (χ1n) is 6.94. The van der Waals surface area contributed by atoms with E-state index in [1.807, 2.05) is 0 Å². The summed E-state index contributed by atoms with van der Waals surface area (Å²) in [6.07, 6.45) is 1.36. The van der Waals surface area contributed by atoms with Crippen LogP contribution in [0, 0.1) is 5.92 Å². The summed E-state index contributed by atoms with van der Waals surface area (Å²) in [4.78, 5) is 36.6. The Labute approximate surface area is 118 Å². The average Bonchev–Trinajstić information content (AvgIpc) is 2.80. The zero-order chi connectivity index (χ0) is 14.5. The van der Waals surface area contributed by atoms with Crippen molar-refractivity contribution in [3.63, 3.8) is 0 Å². The molecule has 2 rings (SSSR count). The van der Waals surface area contributed by atoms with Crippen molar-refractivity contribution in [2.45, 2.75) is 25.3 Å². The van der Waals surface area contributed by atoms with Crippen LogP contribution >= 0.6 is 0 Å².